The number of esters is 1. The van der Waals surface area contributed by atoms with E-state index in [4.69, 9.17) is 4.74 Å². The summed E-state index contributed by atoms with van der Waals surface area (Å²) < 4.78 is 5.10. The molecule has 1 atom stereocenters. The summed E-state index contributed by atoms with van der Waals surface area (Å²) >= 11 is 0. The monoisotopic (exact) mass is 296 g/mol. The van der Waals surface area contributed by atoms with Crippen molar-refractivity contribution < 1.29 is 9.53 Å². The molecule has 0 heterocycles. The lowest BCUT2D eigenvalue weighted by molar-refractivity contribution is -0.145. The lowest BCUT2D eigenvalue weighted by Crippen LogP contribution is -2.11. The van der Waals surface area contributed by atoms with E-state index in [1.165, 1.54) is 71.1 Å². The predicted molar refractivity (Wildman–Crippen MR) is 91.4 cm³/mol. The molecule has 0 saturated heterocycles. The number of rotatable bonds is 14. The molecule has 0 spiro atoms. The van der Waals surface area contributed by atoms with Crippen molar-refractivity contribution in [2.45, 2.75) is 104 Å². The maximum absolute atomic E-state index is 10.8. The molecule has 0 aliphatic rings. The summed E-state index contributed by atoms with van der Waals surface area (Å²) in [5.74, 6) is -0.167. The quantitative estimate of drug-likeness (QED) is 0.217. The summed E-state index contributed by atoms with van der Waals surface area (Å²) in [4.78, 5) is 10.8. The first-order valence-corrected chi connectivity index (χ1v) is 8.99. The maximum atomic E-state index is 10.8. The van der Waals surface area contributed by atoms with Crippen LogP contribution in [0.4, 0.5) is 0 Å². The second-order valence-corrected chi connectivity index (χ2v) is 6.09. The average Bonchev–Trinajstić information content (AvgIpc) is 2.43. The van der Waals surface area contributed by atoms with E-state index < -0.39 is 0 Å². The average molecular weight is 296 g/mol. The molecule has 0 N–H and O–H groups in total. The molecule has 0 unspecified atom stereocenters. The summed E-state index contributed by atoms with van der Waals surface area (Å²) in [5, 5.41) is 0. The molecule has 0 aliphatic carbocycles. The Hall–Kier alpha value is -0.790. The molecule has 0 radical (unpaired) electrons. The van der Waals surface area contributed by atoms with Crippen LogP contribution in [0.15, 0.2) is 12.2 Å². The number of hydrogen-bond acceptors (Lipinski definition) is 2. The number of allylic oxidation sites excluding steroid dienone is 2. The second kappa shape index (κ2) is 15.6. The summed E-state index contributed by atoms with van der Waals surface area (Å²) in [5.41, 5.74) is 0. The van der Waals surface area contributed by atoms with Crippen LogP contribution in [0.25, 0.3) is 0 Å². The molecule has 0 aromatic rings. The largest absolute Gasteiger partial charge is 0.463 e. The van der Waals surface area contributed by atoms with Gasteiger partial charge in [0.1, 0.15) is 0 Å². The third-order valence-corrected chi connectivity index (χ3v) is 3.74. The number of carbonyl (C=O) groups is 1. The van der Waals surface area contributed by atoms with E-state index >= 15 is 0 Å². The van der Waals surface area contributed by atoms with E-state index in [1.54, 1.807) is 0 Å². The Kier molecular flexibility index (Phi) is 15.0. The Bertz CT molecular complexity index is 258. The van der Waals surface area contributed by atoms with Crippen LogP contribution in [-0.4, -0.2) is 12.1 Å². The first-order chi connectivity index (χ1) is 10.2. The van der Waals surface area contributed by atoms with Crippen LogP contribution in [0.3, 0.4) is 0 Å². The Morgan fingerprint density at radius 3 is 2.00 bits per heavy atom. The fraction of sp³-hybridized carbons (Fsp3) is 0.842. The fourth-order valence-corrected chi connectivity index (χ4v) is 2.49. The molecule has 2 heteroatoms. The van der Waals surface area contributed by atoms with Crippen LogP contribution in [0, 0.1) is 0 Å². The van der Waals surface area contributed by atoms with Gasteiger partial charge in [0.05, 0.1) is 6.10 Å². The van der Waals surface area contributed by atoms with E-state index in [-0.39, 0.29) is 12.1 Å². The standard InChI is InChI=1S/C19H36O2/c1-4-5-6-7-8-9-10-11-12-13-14-15-16-17-18(2)21-19(3)20/h11-12,18H,4-10,13-17H2,1-3H3/b12-11-/t18-/m1/s1. The Balaban J connectivity index is 3.20. The van der Waals surface area contributed by atoms with Gasteiger partial charge in [0, 0.05) is 6.92 Å². The maximum Gasteiger partial charge on any atom is 0.302 e. The Morgan fingerprint density at radius 1 is 0.905 bits per heavy atom. The van der Waals surface area contributed by atoms with Crippen molar-refractivity contribution in [2.24, 2.45) is 0 Å². The highest BCUT2D eigenvalue weighted by atomic mass is 16.5. The Labute approximate surface area is 132 Å². The van der Waals surface area contributed by atoms with Gasteiger partial charge in [-0.05, 0) is 45.4 Å². The molecule has 0 rings (SSSR count). The zero-order valence-corrected chi connectivity index (χ0v) is 14.5. The first kappa shape index (κ1) is 20.2. The van der Waals surface area contributed by atoms with Crippen molar-refractivity contribution in [2.75, 3.05) is 0 Å². The van der Waals surface area contributed by atoms with Crippen LogP contribution in [0.2, 0.25) is 0 Å². The molecule has 124 valence electrons. The smallest absolute Gasteiger partial charge is 0.302 e. The van der Waals surface area contributed by atoms with E-state index in [0.29, 0.717) is 0 Å². The Morgan fingerprint density at radius 2 is 1.43 bits per heavy atom. The molecular weight excluding hydrogens is 260 g/mol. The van der Waals surface area contributed by atoms with Gasteiger partial charge in [-0.25, -0.2) is 0 Å². The second-order valence-electron chi connectivity index (χ2n) is 6.09. The third-order valence-electron chi connectivity index (χ3n) is 3.74. The van der Waals surface area contributed by atoms with Crippen molar-refractivity contribution >= 4 is 5.97 Å². The zero-order valence-electron chi connectivity index (χ0n) is 14.5. The SMILES string of the molecule is CCCCCCCC/C=C\CCCCC[C@@H](C)OC(C)=O. The van der Waals surface area contributed by atoms with Gasteiger partial charge in [-0.1, -0.05) is 57.6 Å². The summed E-state index contributed by atoms with van der Waals surface area (Å²) in [6.07, 6.45) is 20.1. The first-order valence-electron chi connectivity index (χ1n) is 8.99. The van der Waals surface area contributed by atoms with Gasteiger partial charge in [0.15, 0.2) is 0 Å². The van der Waals surface area contributed by atoms with Crippen LogP contribution >= 0.6 is 0 Å². The summed E-state index contributed by atoms with van der Waals surface area (Å²) in [7, 11) is 0. The molecule has 0 amide bonds. The topological polar surface area (TPSA) is 26.3 Å². The van der Waals surface area contributed by atoms with Crippen LogP contribution in [0.5, 0.6) is 0 Å². The molecule has 0 saturated carbocycles. The van der Waals surface area contributed by atoms with Gasteiger partial charge in [-0.2, -0.15) is 0 Å². The molecule has 2 nitrogen and oxygen atoms in total. The lowest BCUT2D eigenvalue weighted by atomic mass is 10.1. The highest BCUT2D eigenvalue weighted by molar-refractivity contribution is 5.66. The van der Waals surface area contributed by atoms with Crippen molar-refractivity contribution in [1.29, 1.82) is 0 Å². The van der Waals surface area contributed by atoms with Gasteiger partial charge in [0.2, 0.25) is 0 Å². The van der Waals surface area contributed by atoms with Crippen molar-refractivity contribution in [3.63, 3.8) is 0 Å². The molecule has 0 aromatic carbocycles. The van der Waals surface area contributed by atoms with Gasteiger partial charge < -0.3 is 4.74 Å². The van der Waals surface area contributed by atoms with E-state index in [1.807, 2.05) is 6.92 Å². The number of hydrogen-bond donors (Lipinski definition) is 0. The molecule has 0 aliphatic heterocycles. The van der Waals surface area contributed by atoms with E-state index in [0.717, 1.165) is 12.8 Å². The van der Waals surface area contributed by atoms with E-state index in [2.05, 4.69) is 19.1 Å². The minimum atomic E-state index is -0.167. The predicted octanol–water partition coefficient (Wildman–Crippen LogP) is 6.20. The fourth-order valence-electron chi connectivity index (χ4n) is 2.49. The number of ether oxygens (including phenoxy) is 1. The third kappa shape index (κ3) is 17.2. The molecular formula is C19H36O2. The van der Waals surface area contributed by atoms with Gasteiger partial charge in [-0.15, -0.1) is 0 Å². The van der Waals surface area contributed by atoms with Crippen LogP contribution in [0.1, 0.15) is 97.8 Å². The van der Waals surface area contributed by atoms with Crippen molar-refractivity contribution in [3.8, 4) is 0 Å². The molecule has 0 bridgehead atoms. The number of carbonyl (C=O) groups excluding carboxylic acids is 1. The summed E-state index contributed by atoms with van der Waals surface area (Å²) in [6, 6.07) is 0. The van der Waals surface area contributed by atoms with Crippen molar-refractivity contribution in [3.05, 3.63) is 12.2 Å². The minimum absolute atomic E-state index is 0.0748. The highest BCUT2D eigenvalue weighted by Crippen LogP contribution is 2.10. The molecule has 0 fully saturated rings. The molecule has 0 aromatic heterocycles. The van der Waals surface area contributed by atoms with Gasteiger partial charge >= 0.3 is 5.97 Å². The highest BCUT2D eigenvalue weighted by Gasteiger charge is 2.03. The van der Waals surface area contributed by atoms with Crippen LogP contribution < -0.4 is 0 Å². The van der Waals surface area contributed by atoms with Gasteiger partial charge in [0.25, 0.3) is 0 Å². The zero-order chi connectivity index (χ0) is 15.8. The van der Waals surface area contributed by atoms with Crippen LogP contribution in [-0.2, 0) is 9.53 Å². The summed E-state index contributed by atoms with van der Waals surface area (Å²) in [6.45, 7) is 5.71. The van der Waals surface area contributed by atoms with Gasteiger partial charge in [-0.3, -0.25) is 4.79 Å². The van der Waals surface area contributed by atoms with E-state index in [9.17, 15) is 4.79 Å². The lowest BCUT2D eigenvalue weighted by Gasteiger charge is -2.10. The minimum Gasteiger partial charge on any atom is -0.463 e. The normalized spacial score (nSPS) is 12.7. The van der Waals surface area contributed by atoms with Crippen molar-refractivity contribution in [1.82, 2.24) is 0 Å². The number of unbranched alkanes of at least 4 members (excludes halogenated alkanes) is 9. The molecule has 21 heavy (non-hydrogen) atoms.